The van der Waals surface area contributed by atoms with Gasteiger partial charge in [0.1, 0.15) is 4.58 Å². The molecule has 0 amide bonds. The fraction of sp³-hybridized carbons (Fsp3) is 0.875. The van der Waals surface area contributed by atoms with Crippen molar-refractivity contribution in [2.75, 3.05) is 18.1 Å². The van der Waals surface area contributed by atoms with Crippen LogP contribution in [0.3, 0.4) is 0 Å². The molecule has 2 nitrogen and oxygen atoms in total. The molecule has 0 spiro atoms. The van der Waals surface area contributed by atoms with Crippen molar-refractivity contribution < 1.29 is 9.53 Å². The minimum Gasteiger partial charge on any atom is -0.464 e. The van der Waals surface area contributed by atoms with Gasteiger partial charge in [-0.25, -0.2) is 4.79 Å². The first-order chi connectivity index (χ1) is 5.84. The van der Waals surface area contributed by atoms with E-state index >= 15 is 0 Å². The molecule has 1 aliphatic rings. The molecule has 1 aliphatic heterocycles. The second-order valence-electron chi connectivity index (χ2n) is 2.59. The lowest BCUT2D eigenvalue weighted by atomic mass is 10.4. The number of carbonyl (C=O) groups is 1. The molecular weight excluding hydrogens is 192 g/mol. The van der Waals surface area contributed by atoms with Crippen LogP contribution in [0.1, 0.15) is 19.8 Å². The zero-order chi connectivity index (χ0) is 8.81. The lowest BCUT2D eigenvalue weighted by molar-refractivity contribution is -0.141. The summed E-state index contributed by atoms with van der Waals surface area (Å²) in [7, 11) is 0. The van der Waals surface area contributed by atoms with Gasteiger partial charge in [-0.1, -0.05) is 13.3 Å². The summed E-state index contributed by atoms with van der Waals surface area (Å²) in [4.78, 5) is 11.3. The van der Waals surface area contributed by atoms with Gasteiger partial charge in [-0.15, -0.1) is 23.5 Å². The number of hydrogen-bond donors (Lipinski definition) is 0. The Morgan fingerprint density at radius 3 is 2.75 bits per heavy atom. The molecule has 0 aromatic heterocycles. The molecule has 0 atom stereocenters. The maximum absolute atomic E-state index is 11.3. The molecule has 0 N–H and O–H groups in total. The number of rotatable bonds is 4. The molecule has 12 heavy (non-hydrogen) atoms. The molecule has 0 aliphatic carbocycles. The van der Waals surface area contributed by atoms with E-state index in [2.05, 4.69) is 6.92 Å². The van der Waals surface area contributed by atoms with Crippen LogP contribution in [0.25, 0.3) is 0 Å². The molecular formula is C8H14O2S2. The number of esters is 1. The predicted molar refractivity (Wildman–Crippen MR) is 54.6 cm³/mol. The molecule has 1 heterocycles. The summed E-state index contributed by atoms with van der Waals surface area (Å²) in [5.41, 5.74) is 0. The van der Waals surface area contributed by atoms with Crippen molar-refractivity contribution in [1.29, 1.82) is 0 Å². The van der Waals surface area contributed by atoms with Gasteiger partial charge in [-0.3, -0.25) is 0 Å². The summed E-state index contributed by atoms with van der Waals surface area (Å²) in [5, 5.41) is 0. The highest BCUT2D eigenvalue weighted by molar-refractivity contribution is 8.21. The van der Waals surface area contributed by atoms with Gasteiger partial charge in [0.25, 0.3) is 0 Å². The largest absolute Gasteiger partial charge is 0.464 e. The van der Waals surface area contributed by atoms with Gasteiger partial charge in [0, 0.05) is 11.5 Å². The smallest absolute Gasteiger partial charge is 0.329 e. The van der Waals surface area contributed by atoms with E-state index in [-0.39, 0.29) is 10.6 Å². The third-order valence-corrected chi connectivity index (χ3v) is 4.50. The monoisotopic (exact) mass is 206 g/mol. The highest BCUT2D eigenvalue weighted by Crippen LogP contribution is 2.32. The van der Waals surface area contributed by atoms with Crippen LogP contribution >= 0.6 is 23.5 Å². The van der Waals surface area contributed by atoms with Crippen LogP contribution in [-0.4, -0.2) is 28.7 Å². The Bertz CT molecular complexity index is 144. The van der Waals surface area contributed by atoms with Crippen LogP contribution in [0.5, 0.6) is 0 Å². The summed E-state index contributed by atoms with van der Waals surface area (Å²) in [6.07, 6.45) is 2.06. The summed E-state index contributed by atoms with van der Waals surface area (Å²) in [6.45, 7) is 2.68. The Labute approximate surface area is 81.8 Å². The summed E-state index contributed by atoms with van der Waals surface area (Å²) in [5.74, 6) is 2.13. The fourth-order valence-corrected chi connectivity index (χ4v) is 3.45. The van der Waals surface area contributed by atoms with E-state index in [1.165, 1.54) is 0 Å². The maximum atomic E-state index is 11.3. The topological polar surface area (TPSA) is 26.3 Å². The Morgan fingerprint density at radius 1 is 1.50 bits per heavy atom. The van der Waals surface area contributed by atoms with Crippen molar-refractivity contribution in [2.45, 2.75) is 24.3 Å². The quantitative estimate of drug-likeness (QED) is 0.520. The van der Waals surface area contributed by atoms with Crippen molar-refractivity contribution in [3.8, 4) is 0 Å². The lowest BCUT2D eigenvalue weighted by Crippen LogP contribution is -2.15. The van der Waals surface area contributed by atoms with Crippen LogP contribution in [0.15, 0.2) is 0 Å². The summed E-state index contributed by atoms with van der Waals surface area (Å²) < 4.78 is 5.14. The third-order valence-electron chi connectivity index (χ3n) is 1.56. The molecule has 1 fully saturated rings. The van der Waals surface area contributed by atoms with Crippen LogP contribution < -0.4 is 0 Å². The minimum atomic E-state index is -0.0315. The average molecular weight is 206 g/mol. The van der Waals surface area contributed by atoms with Crippen LogP contribution in [0, 0.1) is 0 Å². The molecule has 0 unspecified atom stereocenters. The second-order valence-corrected chi connectivity index (χ2v) is 5.32. The summed E-state index contributed by atoms with van der Waals surface area (Å²) in [6, 6.07) is 0. The molecule has 0 bridgehead atoms. The lowest BCUT2D eigenvalue weighted by Gasteiger charge is -2.07. The standard InChI is InChI=1S/C8H14O2S2/c1-2-3-4-10-7(9)8-11-5-6-12-8/h8H,2-6H2,1H3. The molecule has 4 heteroatoms. The van der Waals surface area contributed by atoms with Crippen LogP contribution in [-0.2, 0) is 9.53 Å². The zero-order valence-corrected chi connectivity index (χ0v) is 8.88. The maximum Gasteiger partial charge on any atom is 0.329 e. The number of hydrogen-bond acceptors (Lipinski definition) is 4. The van der Waals surface area contributed by atoms with Gasteiger partial charge in [-0.05, 0) is 6.42 Å². The van der Waals surface area contributed by atoms with E-state index in [1.54, 1.807) is 23.5 Å². The van der Waals surface area contributed by atoms with Gasteiger partial charge in [-0.2, -0.15) is 0 Å². The first-order valence-electron chi connectivity index (χ1n) is 4.24. The van der Waals surface area contributed by atoms with E-state index in [0.717, 1.165) is 24.3 Å². The van der Waals surface area contributed by atoms with Gasteiger partial charge in [0.2, 0.25) is 0 Å². The van der Waals surface area contributed by atoms with Crippen molar-refractivity contribution in [2.24, 2.45) is 0 Å². The Morgan fingerprint density at radius 2 is 2.17 bits per heavy atom. The average Bonchev–Trinajstić information content (AvgIpc) is 2.56. The van der Waals surface area contributed by atoms with Crippen molar-refractivity contribution in [3.05, 3.63) is 0 Å². The first-order valence-corrected chi connectivity index (χ1v) is 6.34. The van der Waals surface area contributed by atoms with Gasteiger partial charge >= 0.3 is 5.97 Å². The predicted octanol–water partition coefficient (Wildman–Crippen LogP) is 2.14. The second kappa shape index (κ2) is 5.75. The Kier molecular flexibility index (Phi) is 4.92. The normalized spacial score (nSPS) is 18.1. The number of thioether (sulfide) groups is 2. The van der Waals surface area contributed by atoms with Crippen molar-refractivity contribution >= 4 is 29.5 Å². The molecule has 1 saturated heterocycles. The molecule has 0 aromatic carbocycles. The SMILES string of the molecule is CCCCOC(=O)C1SCCS1. The molecule has 0 saturated carbocycles. The van der Waals surface area contributed by atoms with E-state index in [9.17, 15) is 4.79 Å². The number of ether oxygens (including phenoxy) is 1. The van der Waals surface area contributed by atoms with E-state index in [0.29, 0.717) is 6.61 Å². The highest BCUT2D eigenvalue weighted by Gasteiger charge is 2.25. The van der Waals surface area contributed by atoms with E-state index in [4.69, 9.17) is 4.74 Å². The van der Waals surface area contributed by atoms with Crippen LogP contribution in [0.4, 0.5) is 0 Å². The van der Waals surface area contributed by atoms with Crippen LogP contribution in [0.2, 0.25) is 0 Å². The Hall–Kier alpha value is 0.170. The van der Waals surface area contributed by atoms with Gasteiger partial charge < -0.3 is 4.74 Å². The molecule has 0 radical (unpaired) electrons. The van der Waals surface area contributed by atoms with Gasteiger partial charge in [0.15, 0.2) is 0 Å². The first kappa shape index (κ1) is 10.3. The molecule has 1 rings (SSSR count). The van der Waals surface area contributed by atoms with E-state index < -0.39 is 0 Å². The Balaban J connectivity index is 2.10. The van der Waals surface area contributed by atoms with Gasteiger partial charge in [0.05, 0.1) is 6.61 Å². The van der Waals surface area contributed by atoms with Crippen molar-refractivity contribution in [1.82, 2.24) is 0 Å². The summed E-state index contributed by atoms with van der Waals surface area (Å²) >= 11 is 3.39. The molecule has 0 aromatic rings. The zero-order valence-electron chi connectivity index (χ0n) is 7.25. The minimum absolute atomic E-state index is 0.0315. The highest BCUT2D eigenvalue weighted by atomic mass is 32.2. The number of carbonyl (C=O) groups excluding carboxylic acids is 1. The van der Waals surface area contributed by atoms with E-state index in [1.807, 2.05) is 0 Å². The van der Waals surface area contributed by atoms with Crippen molar-refractivity contribution in [3.63, 3.8) is 0 Å². The number of unbranched alkanes of at least 4 members (excludes halogenated alkanes) is 1. The molecule has 70 valence electrons. The third kappa shape index (κ3) is 3.27. The fourth-order valence-electron chi connectivity index (χ4n) is 0.880.